The van der Waals surface area contributed by atoms with Crippen LogP contribution in [0.4, 0.5) is 4.39 Å². The highest BCUT2D eigenvalue weighted by molar-refractivity contribution is 5.94. The van der Waals surface area contributed by atoms with Crippen molar-refractivity contribution in [3.8, 4) is 0 Å². The third kappa shape index (κ3) is 7.17. The Morgan fingerprint density at radius 3 is 2.52 bits per heavy atom. The molecule has 3 rings (SSSR count). The van der Waals surface area contributed by atoms with Gasteiger partial charge in [0.1, 0.15) is 5.82 Å². The predicted molar refractivity (Wildman–Crippen MR) is 120 cm³/mol. The van der Waals surface area contributed by atoms with E-state index < -0.39 is 0 Å². The van der Waals surface area contributed by atoms with Gasteiger partial charge in [-0.25, -0.2) is 4.39 Å². The Balaban J connectivity index is 1.39. The quantitative estimate of drug-likeness (QED) is 0.597. The van der Waals surface area contributed by atoms with E-state index in [4.69, 9.17) is 0 Å². The molecule has 0 saturated carbocycles. The highest BCUT2D eigenvalue weighted by Crippen LogP contribution is 2.20. The Morgan fingerprint density at radius 1 is 1.03 bits per heavy atom. The molecule has 166 valence electrons. The van der Waals surface area contributed by atoms with E-state index in [9.17, 15) is 14.0 Å². The fraction of sp³-hybridized carbons (Fsp3) is 0.440. The molecule has 1 unspecified atom stereocenters. The van der Waals surface area contributed by atoms with E-state index >= 15 is 0 Å². The van der Waals surface area contributed by atoms with Crippen molar-refractivity contribution in [3.63, 3.8) is 0 Å². The molecule has 0 aromatic heterocycles. The molecule has 2 N–H and O–H groups in total. The second-order valence-corrected chi connectivity index (χ2v) is 8.23. The monoisotopic (exact) mass is 425 g/mol. The summed E-state index contributed by atoms with van der Waals surface area (Å²) in [6.07, 6.45) is 4.69. The number of amides is 2. The molecule has 0 bridgehead atoms. The molecule has 5 nitrogen and oxygen atoms in total. The standard InChI is InChI=1S/C25H32FN3O2/c1-19-7-4-5-16-29(19)18-22-9-3-2-8-21(22)17-28-24(30)10-6-15-27-25(31)20-11-13-23(26)14-12-20/h2-3,8-9,11-14,19H,4-7,10,15-18H2,1H3,(H,27,31)(H,28,30). The van der Waals surface area contributed by atoms with Crippen molar-refractivity contribution in [3.05, 3.63) is 71.0 Å². The summed E-state index contributed by atoms with van der Waals surface area (Å²) in [5.41, 5.74) is 2.83. The van der Waals surface area contributed by atoms with Crippen LogP contribution in [-0.4, -0.2) is 35.8 Å². The van der Waals surface area contributed by atoms with Crippen molar-refractivity contribution in [2.45, 2.75) is 58.2 Å². The smallest absolute Gasteiger partial charge is 0.251 e. The summed E-state index contributed by atoms with van der Waals surface area (Å²) in [5, 5.41) is 5.76. The zero-order chi connectivity index (χ0) is 22.1. The number of nitrogens with zero attached hydrogens (tertiary/aromatic N) is 1. The maximum atomic E-state index is 12.9. The van der Waals surface area contributed by atoms with Gasteiger partial charge in [0.15, 0.2) is 0 Å². The Morgan fingerprint density at radius 2 is 1.77 bits per heavy atom. The van der Waals surface area contributed by atoms with E-state index in [2.05, 4.69) is 40.7 Å². The van der Waals surface area contributed by atoms with Crippen LogP contribution in [0, 0.1) is 5.82 Å². The first-order valence-corrected chi connectivity index (χ1v) is 11.1. The van der Waals surface area contributed by atoms with Crippen LogP contribution in [0.3, 0.4) is 0 Å². The zero-order valence-electron chi connectivity index (χ0n) is 18.2. The zero-order valence-corrected chi connectivity index (χ0v) is 18.2. The van der Waals surface area contributed by atoms with E-state index in [1.54, 1.807) is 0 Å². The second-order valence-electron chi connectivity index (χ2n) is 8.23. The number of nitrogens with one attached hydrogen (secondary N) is 2. The summed E-state index contributed by atoms with van der Waals surface area (Å²) < 4.78 is 12.9. The first-order valence-electron chi connectivity index (χ1n) is 11.1. The molecule has 0 radical (unpaired) electrons. The Bertz CT molecular complexity index is 869. The molecule has 1 aliphatic rings. The van der Waals surface area contributed by atoms with Gasteiger partial charge in [0.25, 0.3) is 5.91 Å². The van der Waals surface area contributed by atoms with Crippen molar-refractivity contribution in [1.82, 2.24) is 15.5 Å². The number of carbonyl (C=O) groups is 2. The maximum Gasteiger partial charge on any atom is 0.251 e. The Hall–Kier alpha value is -2.73. The average Bonchev–Trinajstić information content (AvgIpc) is 2.78. The van der Waals surface area contributed by atoms with Crippen LogP contribution in [0.1, 0.15) is 60.5 Å². The highest BCUT2D eigenvalue weighted by Gasteiger charge is 2.19. The largest absolute Gasteiger partial charge is 0.352 e. The van der Waals surface area contributed by atoms with Gasteiger partial charge in [-0.2, -0.15) is 0 Å². The van der Waals surface area contributed by atoms with Crippen LogP contribution < -0.4 is 10.6 Å². The minimum atomic E-state index is -0.375. The van der Waals surface area contributed by atoms with Crippen molar-refractivity contribution >= 4 is 11.8 Å². The van der Waals surface area contributed by atoms with Crippen LogP contribution >= 0.6 is 0 Å². The van der Waals surface area contributed by atoms with E-state index in [0.29, 0.717) is 37.5 Å². The van der Waals surface area contributed by atoms with Crippen LogP contribution in [-0.2, 0) is 17.9 Å². The van der Waals surface area contributed by atoms with Crippen molar-refractivity contribution in [2.75, 3.05) is 13.1 Å². The molecule has 31 heavy (non-hydrogen) atoms. The summed E-state index contributed by atoms with van der Waals surface area (Å²) in [7, 11) is 0. The van der Waals surface area contributed by atoms with Gasteiger partial charge in [0.05, 0.1) is 0 Å². The minimum Gasteiger partial charge on any atom is -0.352 e. The molecular weight excluding hydrogens is 393 g/mol. The number of hydrogen-bond acceptors (Lipinski definition) is 3. The van der Waals surface area contributed by atoms with Gasteiger partial charge in [-0.15, -0.1) is 0 Å². The average molecular weight is 426 g/mol. The number of rotatable bonds is 9. The van der Waals surface area contributed by atoms with Gasteiger partial charge in [0, 0.05) is 37.7 Å². The fourth-order valence-corrected chi connectivity index (χ4v) is 3.93. The lowest BCUT2D eigenvalue weighted by Crippen LogP contribution is -2.37. The number of carbonyl (C=O) groups excluding carboxylic acids is 2. The number of benzene rings is 2. The van der Waals surface area contributed by atoms with E-state index in [-0.39, 0.29) is 17.6 Å². The number of piperidine rings is 1. The third-order valence-electron chi connectivity index (χ3n) is 5.88. The highest BCUT2D eigenvalue weighted by atomic mass is 19.1. The van der Waals surface area contributed by atoms with Crippen molar-refractivity contribution in [1.29, 1.82) is 0 Å². The SMILES string of the molecule is CC1CCCCN1Cc1ccccc1CNC(=O)CCCNC(=O)c1ccc(F)cc1. The molecule has 1 saturated heterocycles. The number of hydrogen-bond donors (Lipinski definition) is 2. The van der Waals surface area contributed by atoms with E-state index in [1.807, 2.05) is 6.07 Å². The summed E-state index contributed by atoms with van der Waals surface area (Å²) in [6, 6.07) is 14.3. The molecular formula is C25H32FN3O2. The van der Waals surface area contributed by atoms with E-state index in [1.165, 1.54) is 49.1 Å². The second kappa shape index (κ2) is 11.6. The van der Waals surface area contributed by atoms with Gasteiger partial charge in [0.2, 0.25) is 5.91 Å². The summed E-state index contributed by atoms with van der Waals surface area (Å²) in [5.74, 6) is -0.668. The Kier molecular flexibility index (Phi) is 8.59. The lowest BCUT2D eigenvalue weighted by Gasteiger charge is -2.33. The van der Waals surface area contributed by atoms with Gasteiger partial charge in [-0.1, -0.05) is 30.7 Å². The van der Waals surface area contributed by atoms with Crippen LogP contribution in [0.25, 0.3) is 0 Å². The van der Waals surface area contributed by atoms with Crippen molar-refractivity contribution < 1.29 is 14.0 Å². The first kappa shape index (κ1) is 22.9. The Labute approximate surface area is 184 Å². The molecule has 1 aliphatic heterocycles. The molecule has 1 atom stereocenters. The summed E-state index contributed by atoms with van der Waals surface area (Å²) >= 11 is 0. The number of halogens is 1. The first-order chi connectivity index (χ1) is 15.0. The molecule has 0 spiro atoms. The topological polar surface area (TPSA) is 61.4 Å². The predicted octanol–water partition coefficient (Wildman–Crippen LogP) is 4.03. The molecule has 2 aromatic carbocycles. The number of likely N-dealkylation sites (tertiary alicyclic amines) is 1. The lowest BCUT2D eigenvalue weighted by atomic mass is 10.0. The molecule has 2 amide bonds. The van der Waals surface area contributed by atoms with Gasteiger partial charge < -0.3 is 10.6 Å². The van der Waals surface area contributed by atoms with Gasteiger partial charge >= 0.3 is 0 Å². The van der Waals surface area contributed by atoms with E-state index in [0.717, 1.165) is 18.7 Å². The van der Waals surface area contributed by atoms with Crippen LogP contribution in [0.2, 0.25) is 0 Å². The van der Waals surface area contributed by atoms with Gasteiger partial charge in [-0.3, -0.25) is 14.5 Å². The fourth-order valence-electron chi connectivity index (χ4n) is 3.93. The summed E-state index contributed by atoms with van der Waals surface area (Å²) in [4.78, 5) is 26.8. The molecule has 6 heteroatoms. The van der Waals surface area contributed by atoms with Crippen LogP contribution in [0.5, 0.6) is 0 Å². The normalized spacial score (nSPS) is 16.6. The van der Waals surface area contributed by atoms with Gasteiger partial charge in [-0.05, 0) is 68.1 Å². The molecule has 2 aromatic rings. The molecule has 1 heterocycles. The lowest BCUT2D eigenvalue weighted by molar-refractivity contribution is -0.121. The van der Waals surface area contributed by atoms with Crippen molar-refractivity contribution in [2.24, 2.45) is 0 Å². The molecule has 1 fully saturated rings. The van der Waals surface area contributed by atoms with Crippen LogP contribution in [0.15, 0.2) is 48.5 Å². The minimum absolute atomic E-state index is 0.0304. The maximum absolute atomic E-state index is 12.9. The third-order valence-corrected chi connectivity index (χ3v) is 5.88. The molecule has 0 aliphatic carbocycles. The summed E-state index contributed by atoms with van der Waals surface area (Å²) in [6.45, 7) is 5.25.